The minimum atomic E-state index is -4.07. The summed E-state index contributed by atoms with van der Waals surface area (Å²) in [7, 11) is -4.07. The third-order valence-corrected chi connectivity index (χ3v) is 7.19. The SMILES string of the molecule is O=C(CN(c1ccccc1)S(=O)(=O)c1ccc(Cl)cc1)Nc1cc(Cl)ccc1Oc1ccccc1. The lowest BCUT2D eigenvalue weighted by Crippen LogP contribution is -2.38. The molecule has 6 nitrogen and oxygen atoms in total. The quantitative estimate of drug-likeness (QED) is 0.280. The van der Waals surface area contributed by atoms with E-state index in [1.54, 1.807) is 54.6 Å². The van der Waals surface area contributed by atoms with Crippen LogP contribution in [0.2, 0.25) is 10.0 Å². The number of ether oxygens (including phenoxy) is 1. The molecular formula is C26H20Cl2N2O4S. The standard InChI is InChI=1S/C26H20Cl2N2O4S/c27-19-11-14-23(15-12-19)35(32,33)30(21-7-3-1-4-8-21)18-26(31)29-24-17-20(28)13-16-25(24)34-22-9-5-2-6-10-22/h1-17H,18H2,(H,29,31). The van der Waals surface area contributed by atoms with Crippen LogP contribution in [0.5, 0.6) is 11.5 Å². The molecule has 0 aliphatic carbocycles. The van der Waals surface area contributed by atoms with E-state index in [1.165, 1.54) is 30.3 Å². The Morgan fingerprint density at radius 1 is 0.800 bits per heavy atom. The number of carbonyl (C=O) groups excluding carboxylic acids is 1. The van der Waals surface area contributed by atoms with Crippen LogP contribution in [-0.2, 0) is 14.8 Å². The lowest BCUT2D eigenvalue weighted by atomic mass is 10.2. The molecular weight excluding hydrogens is 507 g/mol. The minimum absolute atomic E-state index is 0.00871. The summed E-state index contributed by atoms with van der Waals surface area (Å²) in [5, 5.41) is 3.52. The van der Waals surface area contributed by atoms with Crippen LogP contribution in [-0.4, -0.2) is 20.9 Å². The summed E-state index contributed by atoms with van der Waals surface area (Å²) in [5.74, 6) is 0.355. The van der Waals surface area contributed by atoms with Gasteiger partial charge >= 0.3 is 0 Å². The lowest BCUT2D eigenvalue weighted by Gasteiger charge is -2.24. The van der Waals surface area contributed by atoms with Gasteiger partial charge in [-0.1, -0.05) is 59.6 Å². The zero-order valence-corrected chi connectivity index (χ0v) is 20.6. The van der Waals surface area contributed by atoms with Gasteiger partial charge in [-0.25, -0.2) is 8.42 Å². The van der Waals surface area contributed by atoms with Crippen molar-refractivity contribution in [3.8, 4) is 11.5 Å². The fourth-order valence-corrected chi connectivity index (χ4v) is 4.99. The Balaban J connectivity index is 1.62. The molecule has 0 heterocycles. The average Bonchev–Trinajstić information content (AvgIpc) is 2.85. The maximum Gasteiger partial charge on any atom is 0.264 e. The Morgan fingerprint density at radius 2 is 1.40 bits per heavy atom. The van der Waals surface area contributed by atoms with Gasteiger partial charge in [-0.3, -0.25) is 9.10 Å². The molecule has 0 aliphatic rings. The number of sulfonamides is 1. The van der Waals surface area contributed by atoms with Gasteiger partial charge in [0.15, 0.2) is 5.75 Å². The summed E-state index contributed by atoms with van der Waals surface area (Å²) < 4.78 is 33.8. The Labute approximate surface area is 213 Å². The van der Waals surface area contributed by atoms with Crippen LogP contribution in [0.1, 0.15) is 0 Å². The lowest BCUT2D eigenvalue weighted by molar-refractivity contribution is -0.114. The summed E-state index contributed by atoms with van der Waals surface area (Å²) in [6.07, 6.45) is 0. The molecule has 0 unspecified atom stereocenters. The molecule has 35 heavy (non-hydrogen) atoms. The molecule has 0 aliphatic heterocycles. The first-order chi connectivity index (χ1) is 16.8. The number of halogens is 2. The van der Waals surface area contributed by atoms with Gasteiger partial charge in [-0.15, -0.1) is 0 Å². The summed E-state index contributed by atoms with van der Waals surface area (Å²) >= 11 is 12.1. The number of amides is 1. The summed E-state index contributed by atoms with van der Waals surface area (Å²) in [5.41, 5.74) is 0.646. The number of hydrogen-bond donors (Lipinski definition) is 1. The van der Waals surface area contributed by atoms with Crippen LogP contribution in [0.15, 0.2) is 108 Å². The first kappa shape index (κ1) is 24.6. The van der Waals surface area contributed by atoms with E-state index in [2.05, 4.69) is 5.32 Å². The van der Waals surface area contributed by atoms with Gasteiger partial charge in [-0.05, 0) is 66.7 Å². The second-order valence-corrected chi connectivity index (χ2v) is 10.1. The molecule has 0 saturated carbocycles. The second kappa shape index (κ2) is 10.8. The van der Waals surface area contributed by atoms with Crippen LogP contribution >= 0.6 is 23.2 Å². The number of nitrogens with one attached hydrogen (secondary N) is 1. The number of benzene rings is 4. The van der Waals surface area contributed by atoms with Gasteiger partial charge in [0.25, 0.3) is 10.0 Å². The zero-order chi connectivity index (χ0) is 24.8. The Bertz CT molecular complexity index is 1420. The minimum Gasteiger partial charge on any atom is -0.455 e. The maximum absolute atomic E-state index is 13.5. The molecule has 1 amide bonds. The van der Waals surface area contributed by atoms with Gasteiger partial charge in [0.2, 0.25) is 5.91 Å². The summed E-state index contributed by atoms with van der Waals surface area (Å²) in [4.78, 5) is 13.1. The van der Waals surface area contributed by atoms with Crippen molar-refractivity contribution in [3.63, 3.8) is 0 Å². The zero-order valence-electron chi connectivity index (χ0n) is 18.3. The van der Waals surface area contributed by atoms with Crippen molar-refractivity contribution in [3.05, 3.63) is 113 Å². The van der Waals surface area contributed by atoms with E-state index < -0.39 is 22.5 Å². The highest BCUT2D eigenvalue weighted by atomic mass is 35.5. The van der Waals surface area contributed by atoms with E-state index in [4.69, 9.17) is 27.9 Å². The van der Waals surface area contributed by atoms with Crippen molar-refractivity contribution in [1.29, 1.82) is 0 Å². The Morgan fingerprint density at radius 3 is 2.06 bits per heavy atom. The highest BCUT2D eigenvalue weighted by molar-refractivity contribution is 7.92. The van der Waals surface area contributed by atoms with Crippen LogP contribution in [0.25, 0.3) is 0 Å². The van der Waals surface area contributed by atoms with Crippen LogP contribution in [0, 0.1) is 0 Å². The first-order valence-electron chi connectivity index (χ1n) is 10.5. The fraction of sp³-hybridized carbons (Fsp3) is 0.0385. The highest BCUT2D eigenvalue weighted by Gasteiger charge is 2.27. The normalized spacial score (nSPS) is 11.0. The molecule has 1 N–H and O–H groups in total. The van der Waals surface area contributed by atoms with Crippen molar-refractivity contribution >= 4 is 50.5 Å². The van der Waals surface area contributed by atoms with Gasteiger partial charge in [0.05, 0.1) is 16.3 Å². The van der Waals surface area contributed by atoms with Crippen molar-refractivity contribution in [2.75, 3.05) is 16.2 Å². The molecule has 0 saturated heterocycles. The summed E-state index contributed by atoms with van der Waals surface area (Å²) in [6.45, 7) is -0.480. The average molecular weight is 527 g/mol. The molecule has 0 fully saturated rings. The smallest absolute Gasteiger partial charge is 0.264 e. The van der Waals surface area contributed by atoms with Crippen molar-refractivity contribution in [2.45, 2.75) is 4.90 Å². The number of nitrogens with zero attached hydrogens (tertiary/aromatic N) is 1. The number of para-hydroxylation sites is 2. The van der Waals surface area contributed by atoms with Gasteiger partial charge in [0, 0.05) is 10.0 Å². The van der Waals surface area contributed by atoms with E-state index in [1.807, 2.05) is 18.2 Å². The Kier molecular flexibility index (Phi) is 7.60. The molecule has 4 aromatic rings. The van der Waals surface area contributed by atoms with E-state index in [9.17, 15) is 13.2 Å². The van der Waals surface area contributed by atoms with E-state index in [-0.39, 0.29) is 4.90 Å². The third kappa shape index (κ3) is 6.14. The molecule has 0 radical (unpaired) electrons. The summed E-state index contributed by atoms with van der Waals surface area (Å²) in [6, 6.07) is 28.0. The predicted octanol–water partition coefficient (Wildman–Crippen LogP) is 6.62. The number of anilines is 2. The van der Waals surface area contributed by atoms with Crippen molar-refractivity contribution in [1.82, 2.24) is 0 Å². The molecule has 9 heteroatoms. The van der Waals surface area contributed by atoms with Crippen molar-refractivity contribution in [2.24, 2.45) is 0 Å². The molecule has 0 bridgehead atoms. The maximum atomic E-state index is 13.5. The van der Waals surface area contributed by atoms with Gasteiger partial charge < -0.3 is 10.1 Å². The largest absolute Gasteiger partial charge is 0.455 e. The predicted molar refractivity (Wildman–Crippen MR) is 139 cm³/mol. The number of rotatable bonds is 8. The molecule has 4 rings (SSSR count). The second-order valence-electron chi connectivity index (χ2n) is 7.40. The molecule has 0 aromatic heterocycles. The molecule has 0 spiro atoms. The van der Waals surface area contributed by atoms with Crippen LogP contribution in [0.4, 0.5) is 11.4 Å². The molecule has 0 atom stereocenters. The number of carbonyl (C=O) groups is 1. The van der Waals surface area contributed by atoms with Gasteiger partial charge in [-0.2, -0.15) is 0 Å². The van der Waals surface area contributed by atoms with E-state index >= 15 is 0 Å². The molecule has 178 valence electrons. The van der Waals surface area contributed by atoms with Crippen LogP contribution < -0.4 is 14.4 Å². The van der Waals surface area contributed by atoms with Crippen molar-refractivity contribution < 1.29 is 17.9 Å². The van der Waals surface area contributed by atoms with E-state index in [0.29, 0.717) is 32.9 Å². The topological polar surface area (TPSA) is 75.7 Å². The number of hydrogen-bond acceptors (Lipinski definition) is 4. The van der Waals surface area contributed by atoms with E-state index in [0.717, 1.165) is 4.31 Å². The fourth-order valence-electron chi connectivity index (χ4n) is 3.27. The first-order valence-corrected chi connectivity index (χ1v) is 12.7. The monoisotopic (exact) mass is 526 g/mol. The third-order valence-electron chi connectivity index (χ3n) is 4.92. The van der Waals surface area contributed by atoms with Gasteiger partial charge in [0.1, 0.15) is 12.3 Å². The van der Waals surface area contributed by atoms with Crippen LogP contribution in [0.3, 0.4) is 0 Å². The molecule has 4 aromatic carbocycles. The highest BCUT2D eigenvalue weighted by Crippen LogP contribution is 2.32. The Hall–Kier alpha value is -3.52.